The van der Waals surface area contributed by atoms with Gasteiger partial charge in [0.1, 0.15) is 23.0 Å². The van der Waals surface area contributed by atoms with Crippen molar-refractivity contribution in [2.75, 3.05) is 16.8 Å². The van der Waals surface area contributed by atoms with Gasteiger partial charge in [0, 0.05) is 42.2 Å². The first kappa shape index (κ1) is 50.7. The molecule has 410 valence electrons. The van der Waals surface area contributed by atoms with E-state index in [1.165, 1.54) is 49.0 Å². The number of carbonyl (C=O) groups is 8. The van der Waals surface area contributed by atoms with Gasteiger partial charge in [-0.15, -0.1) is 0 Å². The summed E-state index contributed by atoms with van der Waals surface area (Å²) in [6, 6.07) is 29.3. The van der Waals surface area contributed by atoms with Crippen molar-refractivity contribution in [3.05, 3.63) is 132 Å². The SMILES string of the molecule is CC1CCC(CC2CCC(N3C(=O)C4C5C=CC(C6C(=O)N(c7ccc(Oc8ccc(C(C)(C)c9ccc(Oc%10ccc(N%11C(=O)C%12C%13C=CC(C%14C(=O)N(C)C(=O)C%13%14)C%12C%11=O)cc%10)cc9)cc8)cc7)C(=O)C56)C4C3=O)CC2)CC1. The summed E-state index contributed by atoms with van der Waals surface area (Å²) in [6.45, 7) is 6.62. The first-order chi connectivity index (χ1) is 38.6. The normalized spacial score (nSPS) is 34.9. The summed E-state index contributed by atoms with van der Waals surface area (Å²) in [7, 11) is 1.47. The second-order valence-corrected chi connectivity index (χ2v) is 25.5. The van der Waals surface area contributed by atoms with Crippen LogP contribution in [0.2, 0.25) is 0 Å². The summed E-state index contributed by atoms with van der Waals surface area (Å²) in [5.41, 5.74) is 2.54. The number of rotatable bonds is 11. The average Bonchev–Trinajstić information content (AvgIpc) is 4.30. The number of benzene rings is 4. The highest BCUT2D eigenvalue weighted by atomic mass is 16.5. The number of amides is 8. The van der Waals surface area contributed by atoms with Crippen LogP contribution in [0.25, 0.3) is 0 Å². The van der Waals surface area contributed by atoms with Crippen molar-refractivity contribution in [1.82, 2.24) is 9.80 Å². The molecule has 4 aromatic carbocycles. The molecule has 0 aromatic heterocycles. The number of hydrogen-bond donors (Lipinski definition) is 0. The van der Waals surface area contributed by atoms with Crippen molar-refractivity contribution in [2.24, 2.45) is 88.8 Å². The second kappa shape index (κ2) is 18.8. The maximum atomic E-state index is 14.3. The smallest absolute Gasteiger partial charge is 0.238 e. The number of likely N-dealkylation sites (tertiary alicyclic amines) is 2. The zero-order chi connectivity index (χ0) is 55.2. The van der Waals surface area contributed by atoms with Crippen molar-refractivity contribution in [2.45, 2.75) is 90.0 Å². The zero-order valence-electron chi connectivity index (χ0n) is 45.5. The summed E-state index contributed by atoms with van der Waals surface area (Å²) in [5.74, 6) is -4.80. The first-order valence-electron chi connectivity index (χ1n) is 29.1. The van der Waals surface area contributed by atoms with E-state index in [1.54, 1.807) is 53.4 Å². The van der Waals surface area contributed by atoms with Crippen molar-refractivity contribution in [3.8, 4) is 23.0 Å². The Kier molecular flexibility index (Phi) is 11.9. The van der Waals surface area contributed by atoms with E-state index in [9.17, 15) is 38.4 Å². The quantitative estimate of drug-likeness (QED) is 0.104. The van der Waals surface area contributed by atoms with Gasteiger partial charge in [0.15, 0.2) is 0 Å². The van der Waals surface area contributed by atoms with Gasteiger partial charge in [0.05, 0.1) is 58.7 Å². The third kappa shape index (κ3) is 7.69. The molecular weight excluding hydrogens is 1010 g/mol. The lowest BCUT2D eigenvalue weighted by atomic mass is 9.54. The van der Waals surface area contributed by atoms with Crippen molar-refractivity contribution >= 4 is 58.6 Å². The van der Waals surface area contributed by atoms with Crippen LogP contribution < -0.4 is 19.3 Å². The number of carbonyl (C=O) groups excluding carboxylic acids is 8. The van der Waals surface area contributed by atoms with Crippen LogP contribution in [0.3, 0.4) is 0 Å². The predicted molar refractivity (Wildman–Crippen MR) is 294 cm³/mol. The molecular formula is C66H66N4O10. The molecule has 8 aliphatic carbocycles. The van der Waals surface area contributed by atoms with Gasteiger partial charge in [-0.2, -0.15) is 0 Å². The molecule has 0 radical (unpaired) electrons. The van der Waals surface area contributed by atoms with E-state index in [1.807, 2.05) is 72.8 Å². The third-order valence-corrected chi connectivity index (χ3v) is 21.1. The van der Waals surface area contributed by atoms with E-state index in [4.69, 9.17) is 9.47 Å². The molecule has 14 heteroatoms. The van der Waals surface area contributed by atoms with Crippen LogP contribution in [-0.4, -0.2) is 70.1 Å². The lowest BCUT2D eigenvalue weighted by Crippen LogP contribution is -2.50. The van der Waals surface area contributed by atoms with Crippen LogP contribution in [0.1, 0.15) is 89.7 Å². The number of imide groups is 4. The topological polar surface area (TPSA) is 168 Å². The van der Waals surface area contributed by atoms with Crippen molar-refractivity contribution < 1.29 is 47.8 Å². The number of hydrogen-bond acceptors (Lipinski definition) is 10. The van der Waals surface area contributed by atoms with Gasteiger partial charge < -0.3 is 9.47 Å². The van der Waals surface area contributed by atoms with E-state index in [0.29, 0.717) is 40.3 Å². The fourth-order valence-corrected chi connectivity index (χ4v) is 16.8. The van der Waals surface area contributed by atoms with Crippen LogP contribution in [0.5, 0.6) is 23.0 Å². The maximum Gasteiger partial charge on any atom is 0.238 e. The Morgan fingerprint density at radius 1 is 0.400 bits per heavy atom. The number of ether oxygens (including phenoxy) is 2. The van der Waals surface area contributed by atoms with E-state index < -0.39 is 76.4 Å². The Bertz CT molecular complexity index is 3230. The van der Waals surface area contributed by atoms with Gasteiger partial charge in [0.2, 0.25) is 47.3 Å². The summed E-state index contributed by atoms with van der Waals surface area (Å²) < 4.78 is 12.5. The highest BCUT2D eigenvalue weighted by Gasteiger charge is 2.70. The third-order valence-electron chi connectivity index (χ3n) is 21.1. The summed E-state index contributed by atoms with van der Waals surface area (Å²) in [5, 5.41) is 0. The Hall–Kier alpha value is -7.48. The molecule has 4 bridgehead atoms. The Morgan fingerprint density at radius 2 is 0.700 bits per heavy atom. The van der Waals surface area contributed by atoms with Crippen LogP contribution in [0.15, 0.2) is 121 Å². The van der Waals surface area contributed by atoms with E-state index >= 15 is 0 Å². The van der Waals surface area contributed by atoms with Crippen LogP contribution in [0.4, 0.5) is 11.4 Å². The molecule has 8 fully saturated rings. The Morgan fingerprint density at radius 3 is 1.05 bits per heavy atom. The lowest BCUT2D eigenvalue weighted by molar-refractivity contribution is -0.144. The fourth-order valence-electron chi connectivity index (χ4n) is 16.8. The van der Waals surface area contributed by atoms with Gasteiger partial charge in [-0.1, -0.05) is 95.0 Å². The van der Waals surface area contributed by atoms with E-state index in [0.717, 1.165) is 53.5 Å². The van der Waals surface area contributed by atoms with E-state index in [-0.39, 0.29) is 53.3 Å². The minimum absolute atomic E-state index is 0.105. The zero-order valence-corrected chi connectivity index (χ0v) is 45.5. The summed E-state index contributed by atoms with van der Waals surface area (Å²) >= 11 is 0. The predicted octanol–water partition coefficient (Wildman–Crippen LogP) is 10.0. The molecule has 4 heterocycles. The van der Waals surface area contributed by atoms with Crippen LogP contribution >= 0.6 is 0 Å². The van der Waals surface area contributed by atoms with Gasteiger partial charge >= 0.3 is 0 Å². The highest BCUT2D eigenvalue weighted by Crippen LogP contribution is 2.60. The molecule has 16 rings (SSSR count). The standard InChI is InChI=1S/C66H66N4O10/c1-34-5-7-35(8-6-34)33-36-9-15-39(16-10-36)68-62(75)54-48-31-32-49(55(54)63(68)76)57-56(48)64(77)70(65(57)78)41-19-27-45(28-20-41)80-43-23-13-38(14-24-43)66(2,3)37-11-21-42(22-12-37)79-44-25-17-40(18-26-44)69-60(73)52-46-29-30-47(53(52)61(69)74)51-50(46)58(71)67(4)59(51)72/h11-14,17-32,34-36,39,46-57H,5-10,15-16,33H2,1-4H3. The molecule has 12 aliphatic rings. The molecule has 4 saturated carbocycles. The van der Waals surface area contributed by atoms with Crippen molar-refractivity contribution in [3.63, 3.8) is 0 Å². The van der Waals surface area contributed by atoms with Crippen molar-refractivity contribution in [1.29, 1.82) is 0 Å². The Balaban J connectivity index is 0.584. The molecule has 0 spiro atoms. The fraction of sp³-hybridized carbons (Fsp3) is 0.455. The number of anilines is 2. The van der Waals surface area contributed by atoms with Gasteiger partial charge in [0.25, 0.3) is 0 Å². The lowest BCUT2D eigenvalue weighted by Gasteiger charge is -2.44. The largest absolute Gasteiger partial charge is 0.457 e. The molecule has 8 amide bonds. The van der Waals surface area contributed by atoms with Gasteiger partial charge in [-0.05, 0) is 134 Å². The molecule has 12 unspecified atom stereocenters. The number of nitrogens with zero attached hydrogens (tertiary/aromatic N) is 4. The van der Waals surface area contributed by atoms with Gasteiger partial charge in [-0.3, -0.25) is 58.0 Å². The molecule has 14 nitrogen and oxygen atoms in total. The molecule has 4 aromatic rings. The molecule has 4 aliphatic heterocycles. The second-order valence-electron chi connectivity index (χ2n) is 25.5. The first-order valence-corrected chi connectivity index (χ1v) is 29.1. The van der Waals surface area contributed by atoms with Gasteiger partial charge in [-0.25, -0.2) is 0 Å². The molecule has 0 N–H and O–H groups in total. The summed E-state index contributed by atoms with van der Waals surface area (Å²) in [4.78, 5) is 116. The molecule has 12 atom stereocenters. The van der Waals surface area contributed by atoms with E-state index in [2.05, 4.69) is 20.8 Å². The summed E-state index contributed by atoms with van der Waals surface area (Å²) in [6.07, 6.45) is 17.9. The molecule has 80 heavy (non-hydrogen) atoms. The monoisotopic (exact) mass is 1070 g/mol. The van der Waals surface area contributed by atoms with Crippen LogP contribution in [-0.2, 0) is 43.8 Å². The minimum Gasteiger partial charge on any atom is -0.457 e. The maximum absolute atomic E-state index is 14.3. The average molecular weight is 1080 g/mol. The Labute approximate surface area is 465 Å². The molecule has 4 saturated heterocycles. The van der Waals surface area contributed by atoms with Crippen LogP contribution in [0, 0.1) is 88.8 Å². The minimum atomic E-state index is -0.682. The highest BCUT2D eigenvalue weighted by molar-refractivity contribution is 6.24. The number of allylic oxidation sites excluding steroid dienone is 4.